The molecule has 4 unspecified atom stereocenters. The van der Waals surface area contributed by atoms with Gasteiger partial charge in [-0.05, 0) is 73.2 Å². The number of hydrogen-bond donors (Lipinski definition) is 11. The molecule has 3 aromatic carbocycles. The number of aldehydes is 1. The van der Waals surface area contributed by atoms with Crippen LogP contribution in [0.5, 0.6) is 5.75 Å². The third-order valence-electron chi connectivity index (χ3n) is 13.1. The van der Waals surface area contributed by atoms with Gasteiger partial charge in [0, 0.05) is 71.9 Å². The number of guanidine groups is 1. The number of likely N-dealkylation sites (N-methyl/N-ethyl adjacent to an activating group) is 1. The van der Waals surface area contributed by atoms with Crippen LogP contribution in [0.3, 0.4) is 0 Å². The molecule has 78 heavy (non-hydrogen) atoms. The molecule has 1 saturated heterocycles. The number of carbonyl (C=O) groups excluding carboxylic acids is 6. The lowest BCUT2D eigenvalue weighted by molar-refractivity contribution is -0.140. The minimum atomic E-state index is -1.29. The molecule has 0 aliphatic carbocycles. The van der Waals surface area contributed by atoms with Crippen LogP contribution in [0, 0.1) is 0 Å². The van der Waals surface area contributed by atoms with Gasteiger partial charge in [-0.1, -0.05) is 54.6 Å². The van der Waals surface area contributed by atoms with E-state index < -0.39 is 78.2 Å². The second-order valence-corrected chi connectivity index (χ2v) is 19.2. The van der Waals surface area contributed by atoms with E-state index in [0.29, 0.717) is 17.4 Å². The third kappa shape index (κ3) is 23.2. The summed E-state index contributed by atoms with van der Waals surface area (Å²) in [5, 5.41) is 51.3. The summed E-state index contributed by atoms with van der Waals surface area (Å²) < 4.78 is 0. The first-order chi connectivity index (χ1) is 37.2. The number of phenolic OH excluding ortho intramolecular Hbond substituents is 1. The monoisotopic (exact) mass is 1090 g/mol. The number of hydrogen-bond acceptors (Lipinski definition) is 16. The molecular formula is C52H75N13O13. The van der Waals surface area contributed by atoms with Crippen molar-refractivity contribution < 1.29 is 63.6 Å². The summed E-state index contributed by atoms with van der Waals surface area (Å²) in [6, 6.07) is 14.8. The highest BCUT2D eigenvalue weighted by Crippen LogP contribution is 2.19. The summed E-state index contributed by atoms with van der Waals surface area (Å²) >= 11 is 0. The van der Waals surface area contributed by atoms with Crippen LogP contribution in [0.15, 0.2) is 71.7 Å². The van der Waals surface area contributed by atoms with Crippen molar-refractivity contribution in [1.29, 1.82) is 0 Å². The molecule has 26 heteroatoms. The maximum atomic E-state index is 14.7. The molecule has 0 aromatic heterocycles. The quantitative estimate of drug-likeness (QED) is 0.0139. The van der Waals surface area contributed by atoms with Crippen molar-refractivity contribution in [3.63, 3.8) is 0 Å². The second kappa shape index (κ2) is 32.7. The number of primary amides is 1. The van der Waals surface area contributed by atoms with E-state index in [9.17, 15) is 63.6 Å². The molecule has 4 atom stereocenters. The fourth-order valence-electron chi connectivity index (χ4n) is 8.90. The number of rotatable bonds is 30. The van der Waals surface area contributed by atoms with Gasteiger partial charge in [0.1, 0.15) is 24.1 Å². The van der Waals surface area contributed by atoms with E-state index in [-0.39, 0.29) is 142 Å². The van der Waals surface area contributed by atoms with E-state index in [4.69, 9.17) is 17.2 Å². The zero-order valence-corrected chi connectivity index (χ0v) is 44.0. The summed E-state index contributed by atoms with van der Waals surface area (Å²) in [6.07, 6.45) is 1.20. The average Bonchev–Trinajstić information content (AvgIpc) is 3.38. The number of carbonyl (C=O) groups is 9. The molecule has 4 rings (SSSR count). The number of carboxylic acids is 3. The highest BCUT2D eigenvalue weighted by atomic mass is 16.4. The Balaban J connectivity index is 1.56. The molecule has 0 saturated carbocycles. The highest BCUT2D eigenvalue weighted by molar-refractivity contribution is 5.94. The van der Waals surface area contributed by atoms with Crippen molar-refractivity contribution in [3.8, 4) is 5.75 Å². The zero-order chi connectivity index (χ0) is 57.1. The van der Waals surface area contributed by atoms with E-state index in [0.717, 1.165) is 10.8 Å². The number of nitrogens with zero attached hydrogens (tertiary/aromatic N) is 6. The Kier molecular flexibility index (Phi) is 26.3. The van der Waals surface area contributed by atoms with Gasteiger partial charge in [0.05, 0.1) is 44.8 Å². The number of carboxylic acid groups (broad SMARTS) is 3. The van der Waals surface area contributed by atoms with Crippen molar-refractivity contribution in [2.45, 2.75) is 62.7 Å². The minimum Gasteiger partial charge on any atom is -0.508 e. The van der Waals surface area contributed by atoms with Gasteiger partial charge >= 0.3 is 17.9 Å². The first-order valence-corrected chi connectivity index (χ1v) is 25.7. The molecule has 0 spiro atoms. The average molecular weight is 1090 g/mol. The number of phenols is 1. The predicted octanol–water partition coefficient (Wildman–Crippen LogP) is -2.81. The Hall–Kier alpha value is -7.78. The van der Waals surface area contributed by atoms with Crippen LogP contribution in [0.4, 0.5) is 0 Å². The number of fused-ring (bicyclic) bond motifs is 1. The topological polar surface area (TPSA) is 389 Å². The summed E-state index contributed by atoms with van der Waals surface area (Å²) in [5.41, 5.74) is 17.8. The summed E-state index contributed by atoms with van der Waals surface area (Å²) in [4.78, 5) is 128. The molecule has 426 valence electrons. The van der Waals surface area contributed by atoms with E-state index >= 15 is 0 Å². The number of nitrogens with one attached hydrogen (secondary N) is 4. The van der Waals surface area contributed by atoms with Crippen LogP contribution >= 0.6 is 0 Å². The first-order valence-electron chi connectivity index (χ1n) is 25.7. The molecule has 0 bridgehead atoms. The maximum Gasteiger partial charge on any atom is 0.317 e. The van der Waals surface area contributed by atoms with E-state index in [1.165, 1.54) is 12.1 Å². The molecule has 3 aromatic rings. The Morgan fingerprint density at radius 2 is 1.15 bits per heavy atom. The van der Waals surface area contributed by atoms with Crippen molar-refractivity contribution >= 4 is 70.5 Å². The summed E-state index contributed by atoms with van der Waals surface area (Å²) in [6.45, 7) is 0.124. The van der Waals surface area contributed by atoms with Crippen molar-refractivity contribution in [1.82, 2.24) is 45.8 Å². The Bertz CT molecular complexity index is 2500. The first kappa shape index (κ1) is 62.8. The fourth-order valence-corrected chi connectivity index (χ4v) is 8.90. The Morgan fingerprint density at radius 1 is 0.628 bits per heavy atom. The number of nitrogens with two attached hydrogens (primary N) is 3. The van der Waals surface area contributed by atoms with Gasteiger partial charge in [-0.2, -0.15) is 0 Å². The van der Waals surface area contributed by atoms with Crippen molar-refractivity contribution in [2.75, 3.05) is 105 Å². The lowest BCUT2D eigenvalue weighted by Crippen LogP contribution is -2.58. The van der Waals surface area contributed by atoms with Gasteiger partial charge in [-0.25, -0.2) is 0 Å². The Morgan fingerprint density at radius 3 is 1.68 bits per heavy atom. The number of benzene rings is 3. The standard InChI is InChI=1S/C52H75N13O13/c1-61(39(34-66)27-35-11-14-40(67)15-12-35)43(9-5-16-56-45(69)30-62-18-20-63(31-46(70)71)22-24-65(33-48(74)75)25-23-64(21-19-62)32-47(72)73)51(78)59-41(8-4-17-57-52(54)55)50(77)60-42(49(76)58-29-44(53)68)28-36-10-13-37-6-2-3-7-38(37)26-36/h2-3,6-7,10-15,26,34,39,41-43,67H,4-5,8-9,16-25,27-33H2,1H3,(H2,53,68)(H,56,69)(H,58,76)(H,59,78)(H,60,77)(H,70,71)(H,72,73)(H,74,75)(H4,54,55,57). The maximum absolute atomic E-state index is 14.7. The number of aliphatic imine (C=N–C) groups is 1. The summed E-state index contributed by atoms with van der Waals surface area (Å²) in [7, 11) is 1.57. The highest BCUT2D eigenvalue weighted by Gasteiger charge is 2.33. The minimum absolute atomic E-state index is 0.00959. The van der Waals surface area contributed by atoms with Crippen LogP contribution in [0.25, 0.3) is 10.8 Å². The number of amides is 5. The molecule has 5 amide bonds. The van der Waals surface area contributed by atoms with Crippen LogP contribution in [-0.4, -0.2) is 234 Å². The fraction of sp³-hybridized carbons (Fsp3) is 0.500. The van der Waals surface area contributed by atoms with Gasteiger partial charge in [0.15, 0.2) is 5.96 Å². The molecule has 1 aliphatic heterocycles. The molecule has 1 fully saturated rings. The smallest absolute Gasteiger partial charge is 0.317 e. The van der Waals surface area contributed by atoms with Crippen LogP contribution < -0.4 is 38.5 Å². The van der Waals surface area contributed by atoms with E-state index in [1.807, 2.05) is 36.4 Å². The number of aromatic hydroxyl groups is 1. The molecule has 0 radical (unpaired) electrons. The van der Waals surface area contributed by atoms with Gasteiger partial charge in [0.2, 0.25) is 29.5 Å². The number of aliphatic carboxylic acids is 3. The van der Waals surface area contributed by atoms with Gasteiger partial charge in [0.25, 0.3) is 0 Å². The molecular weight excluding hydrogens is 1010 g/mol. The van der Waals surface area contributed by atoms with Gasteiger partial charge in [-0.3, -0.25) is 67.8 Å². The molecule has 1 aliphatic rings. The molecule has 26 nitrogen and oxygen atoms in total. The third-order valence-corrected chi connectivity index (χ3v) is 13.1. The normalized spacial score (nSPS) is 15.8. The molecule has 1 heterocycles. The zero-order valence-electron chi connectivity index (χ0n) is 44.0. The molecule has 14 N–H and O–H groups in total. The largest absolute Gasteiger partial charge is 0.508 e. The van der Waals surface area contributed by atoms with Crippen molar-refractivity contribution in [3.05, 3.63) is 77.9 Å². The SMILES string of the molecule is CN(C(C=O)Cc1ccc(O)cc1)C(CCCNC(=O)CN1CCN(CC(=O)O)CCN(CC(=O)O)CCN(CC(=O)O)CC1)C(=O)NC(CCCN=C(N)N)C(=O)NC(Cc1ccc2ccccc2c1)C(=O)NCC(N)=O. The second-order valence-electron chi connectivity index (χ2n) is 19.2. The van der Waals surface area contributed by atoms with Gasteiger partial charge < -0.3 is 63.7 Å². The van der Waals surface area contributed by atoms with Gasteiger partial charge in [-0.15, -0.1) is 0 Å². The summed E-state index contributed by atoms with van der Waals surface area (Å²) in [5.74, 6) is -6.81. The Labute approximate surface area is 452 Å². The predicted molar refractivity (Wildman–Crippen MR) is 288 cm³/mol. The van der Waals surface area contributed by atoms with Crippen molar-refractivity contribution in [2.24, 2.45) is 22.2 Å². The van der Waals surface area contributed by atoms with Crippen LogP contribution in [0.1, 0.15) is 36.8 Å². The lowest BCUT2D eigenvalue weighted by Gasteiger charge is -2.33. The van der Waals surface area contributed by atoms with E-state index in [1.54, 1.807) is 49.7 Å². The van der Waals surface area contributed by atoms with Crippen LogP contribution in [-0.2, 0) is 56.0 Å². The van der Waals surface area contributed by atoms with E-state index in [2.05, 4.69) is 26.3 Å². The lowest BCUT2D eigenvalue weighted by atomic mass is 10.00. The van der Waals surface area contributed by atoms with Crippen LogP contribution in [0.2, 0.25) is 0 Å².